The molecule has 1 fully saturated rings. The smallest absolute Gasteiger partial charge is 0.287 e. The summed E-state index contributed by atoms with van der Waals surface area (Å²) in [6.45, 7) is 1.29. The predicted molar refractivity (Wildman–Crippen MR) is 126 cm³/mol. The van der Waals surface area contributed by atoms with Crippen LogP contribution in [0, 0.1) is 12.7 Å². The molecule has 1 atom stereocenters. The van der Waals surface area contributed by atoms with Crippen molar-refractivity contribution in [1.82, 2.24) is 10.6 Å². The van der Waals surface area contributed by atoms with Gasteiger partial charge >= 0.3 is 0 Å². The Morgan fingerprint density at radius 2 is 1.89 bits per heavy atom. The molecule has 2 N–H and O–H groups in total. The van der Waals surface area contributed by atoms with Crippen molar-refractivity contribution in [3.05, 3.63) is 77.9 Å². The number of furan rings is 2. The van der Waals surface area contributed by atoms with Crippen LogP contribution in [-0.2, 0) is 9.59 Å². The number of aryl methyl sites for hydroxylation is 1. The van der Waals surface area contributed by atoms with E-state index in [2.05, 4.69) is 10.6 Å². The summed E-state index contributed by atoms with van der Waals surface area (Å²) in [6, 6.07) is 10.5. The molecule has 3 amide bonds. The summed E-state index contributed by atoms with van der Waals surface area (Å²) in [7, 11) is 0. The molecule has 9 heteroatoms. The van der Waals surface area contributed by atoms with E-state index in [0.717, 1.165) is 32.1 Å². The third-order valence-electron chi connectivity index (χ3n) is 5.99. The number of carbonyl (C=O) groups is 3. The van der Waals surface area contributed by atoms with E-state index in [1.807, 2.05) is 0 Å². The fourth-order valence-electron chi connectivity index (χ4n) is 4.30. The van der Waals surface area contributed by atoms with E-state index in [1.54, 1.807) is 25.1 Å². The van der Waals surface area contributed by atoms with Gasteiger partial charge in [0, 0.05) is 11.7 Å². The van der Waals surface area contributed by atoms with Gasteiger partial charge in [-0.2, -0.15) is 0 Å². The van der Waals surface area contributed by atoms with Gasteiger partial charge in [0.15, 0.2) is 11.8 Å². The van der Waals surface area contributed by atoms with Crippen LogP contribution < -0.4 is 15.5 Å². The summed E-state index contributed by atoms with van der Waals surface area (Å²) in [6.07, 6.45) is 6.20. The molecule has 0 bridgehead atoms. The summed E-state index contributed by atoms with van der Waals surface area (Å²) in [5, 5.41) is 5.55. The molecule has 2 aromatic heterocycles. The van der Waals surface area contributed by atoms with E-state index >= 15 is 0 Å². The summed E-state index contributed by atoms with van der Waals surface area (Å²) in [5.41, 5.74) is 0.167. The first-order chi connectivity index (χ1) is 16.9. The summed E-state index contributed by atoms with van der Waals surface area (Å²) in [5.74, 6) is -1.35. The topological polar surface area (TPSA) is 105 Å². The first kappa shape index (κ1) is 24.3. The van der Waals surface area contributed by atoms with Gasteiger partial charge in [0.25, 0.3) is 11.8 Å². The molecule has 1 saturated carbocycles. The van der Waals surface area contributed by atoms with E-state index in [0.29, 0.717) is 5.76 Å². The van der Waals surface area contributed by atoms with E-state index in [4.69, 9.17) is 8.83 Å². The molecule has 184 valence electrons. The molecule has 2 heterocycles. The molecule has 35 heavy (non-hydrogen) atoms. The average Bonchev–Trinajstić information content (AvgIpc) is 3.53. The SMILES string of the molecule is Cc1ccc([C@H](C(=O)NC2CCCCC2)N(C(=O)CNC(=O)c2ccco2)c2cccc(F)c2)o1. The van der Waals surface area contributed by atoms with Crippen molar-refractivity contribution in [1.29, 1.82) is 0 Å². The lowest BCUT2D eigenvalue weighted by molar-refractivity contribution is -0.127. The van der Waals surface area contributed by atoms with Crippen LogP contribution in [0.25, 0.3) is 0 Å². The first-order valence-electron chi connectivity index (χ1n) is 11.7. The summed E-state index contributed by atoms with van der Waals surface area (Å²) >= 11 is 0. The van der Waals surface area contributed by atoms with E-state index in [1.165, 1.54) is 41.5 Å². The van der Waals surface area contributed by atoms with Gasteiger partial charge in [-0.05, 0) is 62.2 Å². The molecule has 3 aromatic rings. The van der Waals surface area contributed by atoms with Gasteiger partial charge in [-0.15, -0.1) is 0 Å². The third-order valence-corrected chi connectivity index (χ3v) is 5.99. The van der Waals surface area contributed by atoms with Gasteiger partial charge in [-0.1, -0.05) is 25.3 Å². The molecule has 0 aliphatic heterocycles. The van der Waals surface area contributed by atoms with Gasteiger partial charge in [-0.25, -0.2) is 4.39 Å². The van der Waals surface area contributed by atoms with Gasteiger partial charge in [0.05, 0.1) is 12.8 Å². The monoisotopic (exact) mass is 481 g/mol. The Hall–Kier alpha value is -3.88. The van der Waals surface area contributed by atoms with Crippen molar-refractivity contribution in [2.75, 3.05) is 11.4 Å². The molecule has 8 nitrogen and oxygen atoms in total. The second kappa shape index (κ2) is 11.0. The number of anilines is 1. The Morgan fingerprint density at radius 1 is 1.09 bits per heavy atom. The molecule has 4 rings (SSSR count). The molecule has 1 aromatic carbocycles. The fraction of sp³-hybridized carbons (Fsp3) is 0.346. The number of nitrogens with zero attached hydrogens (tertiary/aromatic N) is 1. The Morgan fingerprint density at radius 3 is 2.54 bits per heavy atom. The van der Waals surface area contributed by atoms with Crippen molar-refractivity contribution in [2.45, 2.75) is 51.1 Å². The average molecular weight is 482 g/mol. The van der Waals surface area contributed by atoms with Crippen LogP contribution >= 0.6 is 0 Å². The molecule has 0 unspecified atom stereocenters. The van der Waals surface area contributed by atoms with Gasteiger partial charge in [0.2, 0.25) is 5.91 Å². The standard InChI is InChI=1S/C26H28FN3O5/c1-17-12-13-21(35-17)24(26(33)29-19-8-3-2-4-9-19)30(20-10-5-7-18(27)15-20)23(31)16-28-25(32)22-11-6-14-34-22/h5-7,10-15,19,24H,2-4,8-9,16H2,1H3,(H,28,32)(H,29,33)/t24-/m1/s1. The molecule has 1 aliphatic rings. The zero-order chi connectivity index (χ0) is 24.8. The maximum absolute atomic E-state index is 14.2. The summed E-state index contributed by atoms with van der Waals surface area (Å²) < 4.78 is 25.0. The van der Waals surface area contributed by atoms with Crippen LogP contribution in [0.2, 0.25) is 0 Å². The Labute approximate surface area is 202 Å². The minimum atomic E-state index is -1.19. The maximum atomic E-state index is 14.2. The number of nitrogens with one attached hydrogen (secondary N) is 2. The number of rotatable bonds is 8. The lowest BCUT2D eigenvalue weighted by Gasteiger charge is -2.32. The first-order valence-corrected chi connectivity index (χ1v) is 11.7. The van der Waals surface area contributed by atoms with Crippen LogP contribution in [-0.4, -0.2) is 30.3 Å². The normalized spacial score (nSPS) is 14.8. The zero-order valence-corrected chi connectivity index (χ0v) is 19.5. The van der Waals surface area contributed by atoms with Crippen LogP contribution in [0.5, 0.6) is 0 Å². The Balaban J connectivity index is 1.65. The van der Waals surface area contributed by atoms with Gasteiger partial charge < -0.3 is 19.5 Å². The number of benzene rings is 1. The molecular formula is C26H28FN3O5. The number of hydrogen-bond donors (Lipinski definition) is 2. The van der Waals surface area contributed by atoms with Crippen LogP contribution in [0.15, 0.2) is 63.6 Å². The van der Waals surface area contributed by atoms with Crippen LogP contribution in [0.4, 0.5) is 10.1 Å². The number of amides is 3. The minimum absolute atomic E-state index is 0.0158. The maximum Gasteiger partial charge on any atom is 0.287 e. The molecule has 1 aliphatic carbocycles. The number of halogens is 1. The quantitative estimate of drug-likeness (QED) is 0.500. The van der Waals surface area contributed by atoms with Gasteiger partial charge in [-0.3, -0.25) is 19.3 Å². The van der Waals surface area contributed by atoms with E-state index in [9.17, 15) is 18.8 Å². The summed E-state index contributed by atoms with van der Waals surface area (Å²) in [4.78, 5) is 40.6. The van der Waals surface area contributed by atoms with Crippen molar-refractivity contribution < 1.29 is 27.6 Å². The van der Waals surface area contributed by atoms with Crippen molar-refractivity contribution >= 4 is 23.4 Å². The highest BCUT2D eigenvalue weighted by Gasteiger charge is 2.36. The lowest BCUT2D eigenvalue weighted by atomic mass is 9.95. The van der Waals surface area contributed by atoms with E-state index in [-0.39, 0.29) is 23.2 Å². The highest BCUT2D eigenvalue weighted by Crippen LogP contribution is 2.30. The van der Waals surface area contributed by atoms with E-state index < -0.39 is 36.1 Å². The largest absolute Gasteiger partial charge is 0.464 e. The molecule has 0 radical (unpaired) electrons. The van der Waals surface area contributed by atoms with Crippen molar-refractivity contribution in [2.24, 2.45) is 0 Å². The molecule has 0 saturated heterocycles. The highest BCUT2D eigenvalue weighted by molar-refractivity contribution is 6.04. The van der Waals surface area contributed by atoms with Gasteiger partial charge in [0.1, 0.15) is 17.3 Å². The lowest BCUT2D eigenvalue weighted by Crippen LogP contribution is -2.49. The highest BCUT2D eigenvalue weighted by atomic mass is 19.1. The number of hydrogen-bond acceptors (Lipinski definition) is 5. The predicted octanol–water partition coefficient (Wildman–Crippen LogP) is 4.27. The van der Waals surface area contributed by atoms with Crippen LogP contribution in [0.1, 0.15) is 60.2 Å². The number of carbonyl (C=O) groups excluding carboxylic acids is 3. The van der Waals surface area contributed by atoms with Crippen molar-refractivity contribution in [3.8, 4) is 0 Å². The zero-order valence-electron chi connectivity index (χ0n) is 19.5. The second-order valence-electron chi connectivity index (χ2n) is 8.60. The van der Waals surface area contributed by atoms with Crippen LogP contribution in [0.3, 0.4) is 0 Å². The Kier molecular flexibility index (Phi) is 7.64. The molecular weight excluding hydrogens is 453 g/mol. The fourth-order valence-corrected chi connectivity index (χ4v) is 4.30. The Bertz CT molecular complexity index is 1170. The molecule has 0 spiro atoms. The second-order valence-corrected chi connectivity index (χ2v) is 8.60. The third kappa shape index (κ3) is 5.98. The minimum Gasteiger partial charge on any atom is -0.464 e. The van der Waals surface area contributed by atoms with Crippen molar-refractivity contribution in [3.63, 3.8) is 0 Å².